The van der Waals surface area contributed by atoms with Crippen LogP contribution in [0.1, 0.15) is 18.2 Å². The van der Waals surface area contributed by atoms with Crippen molar-refractivity contribution in [3.05, 3.63) is 17.5 Å². The molecule has 0 aliphatic carbocycles. The van der Waals surface area contributed by atoms with Crippen LogP contribution in [0, 0.1) is 6.92 Å². The normalized spacial score (nSPS) is 11.3. The zero-order valence-electron chi connectivity index (χ0n) is 9.31. The standard InChI is InChI=1S/C9H13N5S2/c1-5-7(4-11-9(12-5)16-3)6(2)13-14-8(10)15/h4H,1-3H3,(H3,10,14,15). The molecule has 0 aromatic carbocycles. The highest BCUT2D eigenvalue weighted by Crippen LogP contribution is 2.11. The summed E-state index contributed by atoms with van der Waals surface area (Å²) in [5.41, 5.74) is 10.3. The zero-order valence-corrected chi connectivity index (χ0v) is 10.9. The number of nitrogens with zero attached hydrogens (tertiary/aromatic N) is 3. The summed E-state index contributed by atoms with van der Waals surface area (Å²) in [5.74, 6) is 0. The fourth-order valence-corrected chi connectivity index (χ4v) is 1.53. The minimum Gasteiger partial charge on any atom is -0.375 e. The minimum atomic E-state index is 0.138. The molecule has 1 aromatic heterocycles. The average Bonchev–Trinajstić information content (AvgIpc) is 2.25. The molecule has 3 N–H and O–H groups in total. The van der Waals surface area contributed by atoms with Crippen molar-refractivity contribution in [2.45, 2.75) is 19.0 Å². The van der Waals surface area contributed by atoms with E-state index in [4.69, 9.17) is 5.73 Å². The first kappa shape index (κ1) is 12.9. The molecule has 0 amide bonds. The summed E-state index contributed by atoms with van der Waals surface area (Å²) >= 11 is 6.16. The van der Waals surface area contributed by atoms with Gasteiger partial charge in [-0.25, -0.2) is 9.97 Å². The van der Waals surface area contributed by atoms with Crippen molar-refractivity contribution in [2.75, 3.05) is 6.26 Å². The number of aryl methyl sites for hydroxylation is 1. The molecule has 0 atom stereocenters. The number of hydrogen-bond acceptors (Lipinski definition) is 5. The Hall–Kier alpha value is -1.21. The van der Waals surface area contributed by atoms with Gasteiger partial charge >= 0.3 is 0 Å². The predicted octanol–water partition coefficient (Wildman–Crippen LogP) is 1.06. The Morgan fingerprint density at radius 2 is 2.31 bits per heavy atom. The lowest BCUT2D eigenvalue weighted by molar-refractivity contribution is 0.925. The van der Waals surface area contributed by atoms with Crippen LogP contribution in [-0.2, 0) is 0 Å². The molecule has 0 radical (unpaired) electrons. The minimum absolute atomic E-state index is 0.138. The van der Waals surface area contributed by atoms with Crippen LogP contribution in [0.5, 0.6) is 0 Å². The molecule has 0 fully saturated rings. The first-order chi connectivity index (χ1) is 7.54. The number of rotatable bonds is 3. The number of nitrogens with two attached hydrogens (primary N) is 1. The van der Waals surface area contributed by atoms with Crippen LogP contribution in [0.4, 0.5) is 0 Å². The Labute approximate surface area is 104 Å². The summed E-state index contributed by atoms with van der Waals surface area (Å²) in [6.45, 7) is 3.76. The molecule has 1 heterocycles. The van der Waals surface area contributed by atoms with Gasteiger partial charge in [0.05, 0.1) is 11.4 Å². The van der Waals surface area contributed by atoms with Crippen LogP contribution >= 0.6 is 24.0 Å². The molecule has 1 aromatic rings. The number of aromatic nitrogens is 2. The molecule has 0 bridgehead atoms. The molecule has 1 rings (SSSR count). The second-order valence-electron chi connectivity index (χ2n) is 3.03. The van der Waals surface area contributed by atoms with Gasteiger partial charge in [0.2, 0.25) is 0 Å². The van der Waals surface area contributed by atoms with E-state index in [1.165, 1.54) is 11.8 Å². The molecule has 0 aliphatic rings. The van der Waals surface area contributed by atoms with Crippen LogP contribution in [-0.4, -0.2) is 27.0 Å². The maximum Gasteiger partial charge on any atom is 0.187 e. The van der Waals surface area contributed by atoms with Crippen molar-refractivity contribution in [3.63, 3.8) is 0 Å². The molecular formula is C9H13N5S2. The van der Waals surface area contributed by atoms with Gasteiger partial charge in [0.25, 0.3) is 0 Å². The van der Waals surface area contributed by atoms with E-state index in [0.29, 0.717) is 0 Å². The number of thiocarbonyl (C=S) groups is 1. The fraction of sp³-hybridized carbons (Fsp3) is 0.333. The van der Waals surface area contributed by atoms with Crippen LogP contribution in [0.25, 0.3) is 0 Å². The third kappa shape index (κ3) is 3.42. The Kier molecular flexibility index (Phi) is 4.63. The van der Waals surface area contributed by atoms with Crippen molar-refractivity contribution in [1.29, 1.82) is 0 Å². The van der Waals surface area contributed by atoms with Crippen LogP contribution in [0.15, 0.2) is 16.5 Å². The van der Waals surface area contributed by atoms with Gasteiger partial charge in [-0.2, -0.15) is 5.10 Å². The van der Waals surface area contributed by atoms with Crippen molar-refractivity contribution in [3.8, 4) is 0 Å². The highest BCUT2D eigenvalue weighted by atomic mass is 32.2. The highest BCUT2D eigenvalue weighted by molar-refractivity contribution is 7.98. The molecule has 7 heteroatoms. The summed E-state index contributed by atoms with van der Waals surface area (Å²) in [6.07, 6.45) is 3.68. The Morgan fingerprint density at radius 1 is 1.62 bits per heavy atom. The van der Waals surface area contributed by atoms with Gasteiger partial charge in [0, 0.05) is 11.8 Å². The number of hydrazone groups is 1. The third-order valence-corrected chi connectivity index (χ3v) is 2.52. The lowest BCUT2D eigenvalue weighted by Crippen LogP contribution is -2.25. The number of nitrogens with one attached hydrogen (secondary N) is 1. The molecule has 0 aliphatic heterocycles. The summed E-state index contributed by atoms with van der Waals surface area (Å²) < 4.78 is 0. The van der Waals surface area contributed by atoms with Crippen molar-refractivity contribution < 1.29 is 0 Å². The molecule has 0 saturated carbocycles. The molecule has 16 heavy (non-hydrogen) atoms. The maximum absolute atomic E-state index is 5.28. The maximum atomic E-state index is 5.28. The van der Waals surface area contributed by atoms with E-state index in [-0.39, 0.29) is 5.11 Å². The predicted molar refractivity (Wildman–Crippen MR) is 70.7 cm³/mol. The third-order valence-electron chi connectivity index (χ3n) is 1.86. The second kappa shape index (κ2) is 5.76. The molecule has 0 saturated heterocycles. The van der Waals surface area contributed by atoms with E-state index in [9.17, 15) is 0 Å². The van der Waals surface area contributed by atoms with Crippen molar-refractivity contribution >= 4 is 34.8 Å². The number of hydrogen-bond donors (Lipinski definition) is 2. The van der Waals surface area contributed by atoms with Gasteiger partial charge in [-0.3, -0.25) is 5.43 Å². The monoisotopic (exact) mass is 255 g/mol. The number of thioether (sulfide) groups is 1. The van der Waals surface area contributed by atoms with Gasteiger partial charge in [-0.05, 0) is 32.3 Å². The van der Waals surface area contributed by atoms with Gasteiger partial charge in [0.15, 0.2) is 10.3 Å². The molecule has 86 valence electrons. The molecule has 0 unspecified atom stereocenters. The van der Waals surface area contributed by atoms with Gasteiger partial charge < -0.3 is 5.73 Å². The summed E-state index contributed by atoms with van der Waals surface area (Å²) in [7, 11) is 0. The second-order valence-corrected chi connectivity index (χ2v) is 4.24. The van der Waals surface area contributed by atoms with Gasteiger partial charge in [0.1, 0.15) is 0 Å². The van der Waals surface area contributed by atoms with Gasteiger partial charge in [-0.1, -0.05) is 11.8 Å². The van der Waals surface area contributed by atoms with E-state index >= 15 is 0 Å². The van der Waals surface area contributed by atoms with E-state index in [1.54, 1.807) is 6.20 Å². The molecule has 0 spiro atoms. The van der Waals surface area contributed by atoms with Crippen molar-refractivity contribution in [1.82, 2.24) is 15.4 Å². The zero-order chi connectivity index (χ0) is 12.1. The van der Waals surface area contributed by atoms with Gasteiger partial charge in [-0.15, -0.1) is 0 Å². The van der Waals surface area contributed by atoms with E-state index in [2.05, 4.69) is 32.7 Å². The highest BCUT2D eigenvalue weighted by Gasteiger charge is 2.05. The van der Waals surface area contributed by atoms with Crippen LogP contribution in [0.3, 0.4) is 0 Å². The van der Waals surface area contributed by atoms with Crippen LogP contribution in [0.2, 0.25) is 0 Å². The quantitative estimate of drug-likeness (QED) is 0.276. The summed E-state index contributed by atoms with van der Waals surface area (Å²) in [4.78, 5) is 8.50. The SMILES string of the molecule is CSc1ncc(C(C)=NNC(N)=S)c(C)n1. The van der Waals surface area contributed by atoms with E-state index in [0.717, 1.165) is 22.1 Å². The molecule has 5 nitrogen and oxygen atoms in total. The Balaban J connectivity index is 2.95. The van der Waals surface area contributed by atoms with Crippen molar-refractivity contribution in [2.24, 2.45) is 10.8 Å². The first-order valence-electron chi connectivity index (χ1n) is 4.52. The average molecular weight is 255 g/mol. The molecular weight excluding hydrogens is 242 g/mol. The Morgan fingerprint density at radius 3 is 2.81 bits per heavy atom. The summed E-state index contributed by atoms with van der Waals surface area (Å²) in [5, 5.41) is 4.91. The topological polar surface area (TPSA) is 76.2 Å². The summed E-state index contributed by atoms with van der Waals surface area (Å²) in [6, 6.07) is 0. The smallest absolute Gasteiger partial charge is 0.187 e. The van der Waals surface area contributed by atoms with E-state index in [1.807, 2.05) is 20.1 Å². The Bertz CT molecular complexity index is 430. The largest absolute Gasteiger partial charge is 0.375 e. The van der Waals surface area contributed by atoms with Crippen LogP contribution < -0.4 is 11.2 Å². The van der Waals surface area contributed by atoms with E-state index < -0.39 is 0 Å². The fourth-order valence-electron chi connectivity index (χ4n) is 1.10. The lowest BCUT2D eigenvalue weighted by atomic mass is 10.2. The lowest BCUT2D eigenvalue weighted by Gasteiger charge is -2.05. The first-order valence-corrected chi connectivity index (χ1v) is 6.15.